The Bertz CT molecular complexity index is 504. The van der Waals surface area contributed by atoms with E-state index in [1.807, 2.05) is 30.8 Å². The molecule has 0 unspecified atom stereocenters. The molecule has 5 heteroatoms. The van der Waals surface area contributed by atoms with Crippen molar-refractivity contribution in [1.29, 1.82) is 0 Å². The van der Waals surface area contributed by atoms with E-state index in [1.165, 1.54) is 6.33 Å². The van der Waals surface area contributed by atoms with Gasteiger partial charge in [0.15, 0.2) is 5.78 Å². The summed E-state index contributed by atoms with van der Waals surface area (Å²) in [6, 6.07) is 3.78. The normalized spacial score (nSPS) is 10.8. The van der Waals surface area contributed by atoms with Crippen molar-refractivity contribution < 1.29 is 4.79 Å². The molecule has 0 fully saturated rings. The minimum absolute atomic E-state index is 0.0404. The number of hydrogen-bond donors (Lipinski definition) is 0. The summed E-state index contributed by atoms with van der Waals surface area (Å²) >= 11 is 0. The standard InChI is InChI=1S/C12H14N4O/c1-9(2)16-6-4-10(15-16)7-12(17)11-3-5-13-8-14-11/h3-6,8-9H,7H2,1-2H3. The van der Waals surface area contributed by atoms with Crippen molar-refractivity contribution in [3.05, 3.63) is 42.2 Å². The van der Waals surface area contributed by atoms with E-state index >= 15 is 0 Å². The number of hydrogen-bond acceptors (Lipinski definition) is 4. The van der Waals surface area contributed by atoms with Gasteiger partial charge in [-0.2, -0.15) is 5.10 Å². The molecule has 0 bridgehead atoms. The highest BCUT2D eigenvalue weighted by Crippen LogP contribution is 2.07. The second kappa shape index (κ2) is 4.86. The number of ketones is 1. The van der Waals surface area contributed by atoms with Crippen LogP contribution in [0.2, 0.25) is 0 Å². The molecule has 0 saturated carbocycles. The second-order valence-electron chi connectivity index (χ2n) is 4.08. The zero-order valence-electron chi connectivity index (χ0n) is 9.87. The molecule has 0 saturated heterocycles. The number of carbonyl (C=O) groups excluding carboxylic acids is 1. The van der Waals surface area contributed by atoms with Gasteiger partial charge in [-0.15, -0.1) is 0 Å². The van der Waals surface area contributed by atoms with Crippen LogP contribution in [0.15, 0.2) is 30.9 Å². The number of nitrogens with zero attached hydrogens (tertiary/aromatic N) is 4. The van der Waals surface area contributed by atoms with Gasteiger partial charge in [-0.05, 0) is 26.0 Å². The topological polar surface area (TPSA) is 60.7 Å². The lowest BCUT2D eigenvalue weighted by molar-refractivity contribution is 0.0986. The molecule has 0 aromatic carbocycles. The maximum absolute atomic E-state index is 11.9. The number of rotatable bonds is 4. The Morgan fingerprint density at radius 2 is 2.24 bits per heavy atom. The van der Waals surface area contributed by atoms with Crippen molar-refractivity contribution >= 4 is 5.78 Å². The van der Waals surface area contributed by atoms with E-state index in [0.717, 1.165) is 5.69 Å². The molecule has 0 N–H and O–H groups in total. The number of Topliss-reactive ketones (excluding diaryl/α,β-unsaturated/α-hetero) is 1. The van der Waals surface area contributed by atoms with Crippen LogP contribution in [-0.2, 0) is 6.42 Å². The van der Waals surface area contributed by atoms with Crippen molar-refractivity contribution in [2.75, 3.05) is 0 Å². The van der Waals surface area contributed by atoms with Gasteiger partial charge >= 0.3 is 0 Å². The molecule has 2 rings (SSSR count). The van der Waals surface area contributed by atoms with E-state index in [4.69, 9.17) is 0 Å². The fourth-order valence-corrected chi connectivity index (χ4v) is 1.47. The van der Waals surface area contributed by atoms with E-state index in [2.05, 4.69) is 15.1 Å². The highest BCUT2D eigenvalue weighted by Gasteiger charge is 2.10. The molecule has 0 aliphatic heterocycles. The second-order valence-corrected chi connectivity index (χ2v) is 4.08. The van der Waals surface area contributed by atoms with Crippen LogP contribution in [0.25, 0.3) is 0 Å². The van der Waals surface area contributed by atoms with Gasteiger partial charge in [0, 0.05) is 18.4 Å². The van der Waals surface area contributed by atoms with Crippen molar-refractivity contribution in [2.24, 2.45) is 0 Å². The van der Waals surface area contributed by atoms with E-state index in [9.17, 15) is 4.79 Å². The molecule has 0 aliphatic carbocycles. The van der Waals surface area contributed by atoms with Gasteiger partial charge in [0.25, 0.3) is 0 Å². The Kier molecular flexibility index (Phi) is 3.27. The maximum Gasteiger partial charge on any atom is 0.187 e. The van der Waals surface area contributed by atoms with Crippen molar-refractivity contribution in [1.82, 2.24) is 19.7 Å². The first-order valence-electron chi connectivity index (χ1n) is 5.50. The lowest BCUT2D eigenvalue weighted by atomic mass is 10.2. The van der Waals surface area contributed by atoms with Gasteiger partial charge in [-0.3, -0.25) is 9.48 Å². The summed E-state index contributed by atoms with van der Waals surface area (Å²) in [5.41, 5.74) is 1.20. The summed E-state index contributed by atoms with van der Waals surface area (Å²) in [4.78, 5) is 19.6. The summed E-state index contributed by atoms with van der Waals surface area (Å²) in [7, 11) is 0. The van der Waals surface area contributed by atoms with Gasteiger partial charge in [-0.25, -0.2) is 9.97 Å². The van der Waals surface area contributed by atoms with Crippen LogP contribution in [0.4, 0.5) is 0 Å². The molecule has 17 heavy (non-hydrogen) atoms. The first-order chi connectivity index (χ1) is 8.16. The average Bonchev–Trinajstić information content (AvgIpc) is 2.79. The molecule has 88 valence electrons. The minimum atomic E-state index is -0.0404. The van der Waals surface area contributed by atoms with Crippen LogP contribution < -0.4 is 0 Å². The smallest absolute Gasteiger partial charge is 0.187 e. The summed E-state index contributed by atoms with van der Waals surface area (Å²) in [6.07, 6.45) is 5.09. The Balaban J connectivity index is 2.08. The molecule has 2 aromatic rings. The Morgan fingerprint density at radius 1 is 1.41 bits per heavy atom. The predicted molar refractivity (Wildman–Crippen MR) is 62.7 cm³/mol. The third-order valence-electron chi connectivity index (χ3n) is 2.40. The van der Waals surface area contributed by atoms with Crippen LogP contribution in [0.5, 0.6) is 0 Å². The van der Waals surface area contributed by atoms with E-state index < -0.39 is 0 Å². The zero-order valence-corrected chi connectivity index (χ0v) is 9.87. The molecule has 5 nitrogen and oxygen atoms in total. The van der Waals surface area contributed by atoms with Crippen LogP contribution in [0.1, 0.15) is 36.1 Å². The van der Waals surface area contributed by atoms with Crippen molar-refractivity contribution in [3.8, 4) is 0 Å². The lowest BCUT2D eigenvalue weighted by Gasteiger charge is -2.03. The van der Waals surface area contributed by atoms with Gasteiger partial charge in [-0.1, -0.05) is 0 Å². The summed E-state index contributed by atoms with van der Waals surface area (Å²) in [5.74, 6) is -0.0404. The highest BCUT2D eigenvalue weighted by molar-refractivity contribution is 5.95. The summed E-state index contributed by atoms with van der Waals surface area (Å²) < 4.78 is 1.84. The fraction of sp³-hybridized carbons (Fsp3) is 0.333. The van der Waals surface area contributed by atoms with Crippen LogP contribution in [0.3, 0.4) is 0 Å². The first-order valence-corrected chi connectivity index (χ1v) is 5.50. The third kappa shape index (κ3) is 2.75. The molecule has 0 aliphatic rings. The minimum Gasteiger partial charge on any atom is -0.292 e. The maximum atomic E-state index is 11.9. The van der Waals surface area contributed by atoms with Crippen LogP contribution in [0, 0.1) is 0 Å². The quantitative estimate of drug-likeness (QED) is 0.750. The summed E-state index contributed by atoms with van der Waals surface area (Å²) in [5, 5.41) is 4.33. The SMILES string of the molecule is CC(C)n1ccc(CC(=O)c2ccncn2)n1. The number of carbonyl (C=O) groups is 1. The highest BCUT2D eigenvalue weighted by atomic mass is 16.1. The van der Waals surface area contributed by atoms with Gasteiger partial charge in [0.1, 0.15) is 12.0 Å². The zero-order chi connectivity index (χ0) is 12.3. The Labute approximate surface area is 99.5 Å². The molecular formula is C12H14N4O. The van der Waals surface area contributed by atoms with E-state index in [-0.39, 0.29) is 12.2 Å². The fourth-order valence-electron chi connectivity index (χ4n) is 1.47. The lowest BCUT2D eigenvalue weighted by Crippen LogP contribution is -2.08. The molecule has 0 radical (unpaired) electrons. The van der Waals surface area contributed by atoms with E-state index in [1.54, 1.807) is 12.3 Å². The van der Waals surface area contributed by atoms with Gasteiger partial charge < -0.3 is 0 Å². The predicted octanol–water partition coefficient (Wildman–Crippen LogP) is 1.68. The molecular weight excluding hydrogens is 216 g/mol. The van der Waals surface area contributed by atoms with Gasteiger partial charge in [0.2, 0.25) is 0 Å². The Morgan fingerprint density at radius 3 is 2.82 bits per heavy atom. The van der Waals surface area contributed by atoms with Crippen LogP contribution >= 0.6 is 0 Å². The number of aromatic nitrogens is 4. The largest absolute Gasteiger partial charge is 0.292 e. The average molecular weight is 230 g/mol. The molecule has 0 spiro atoms. The molecule has 0 atom stereocenters. The monoisotopic (exact) mass is 230 g/mol. The van der Waals surface area contributed by atoms with Crippen LogP contribution in [-0.4, -0.2) is 25.5 Å². The van der Waals surface area contributed by atoms with Crippen molar-refractivity contribution in [3.63, 3.8) is 0 Å². The van der Waals surface area contributed by atoms with Gasteiger partial charge in [0.05, 0.1) is 12.1 Å². The molecule has 2 aromatic heterocycles. The molecule has 0 amide bonds. The van der Waals surface area contributed by atoms with Crippen molar-refractivity contribution in [2.45, 2.75) is 26.3 Å². The van der Waals surface area contributed by atoms with E-state index in [0.29, 0.717) is 11.7 Å². The molecule has 2 heterocycles. The first kappa shape index (κ1) is 11.4. The Hall–Kier alpha value is -2.04. The third-order valence-corrected chi connectivity index (χ3v) is 2.40. The summed E-state index contributed by atoms with van der Waals surface area (Å²) in [6.45, 7) is 4.09.